The number of piperazine rings is 1. The van der Waals surface area contributed by atoms with Crippen LogP contribution in [0.15, 0.2) is 97.5 Å². The van der Waals surface area contributed by atoms with E-state index in [1.807, 2.05) is 60.4 Å². The van der Waals surface area contributed by atoms with Crippen LogP contribution in [0.1, 0.15) is 27.9 Å². The van der Waals surface area contributed by atoms with E-state index in [2.05, 4.69) is 31.8 Å². The summed E-state index contributed by atoms with van der Waals surface area (Å²) in [6, 6.07) is 24.7. The van der Waals surface area contributed by atoms with Crippen molar-refractivity contribution in [2.24, 2.45) is 0 Å². The van der Waals surface area contributed by atoms with Gasteiger partial charge in [0.15, 0.2) is 5.82 Å². The SMILES string of the molecule is COc1ccccc1-c1nccc(COc2ccc3cc2C[C@H](C(=O)O)Oc2ncnc4sc(-c5ccc(F)cc5)c(c24)-c2ccc(c(Cl)c2C)CN(CCN2CCN(C)CC2)C(=O)C3)n1. The van der Waals surface area contributed by atoms with Crippen LogP contribution in [0.4, 0.5) is 4.39 Å². The van der Waals surface area contributed by atoms with Gasteiger partial charge in [0.25, 0.3) is 0 Å². The number of hydrogen-bond acceptors (Lipinski definition) is 12. The fourth-order valence-corrected chi connectivity index (χ4v) is 9.83. The van der Waals surface area contributed by atoms with Crippen LogP contribution in [0.25, 0.3) is 43.2 Å². The first-order valence-corrected chi connectivity index (χ1v) is 22.8. The van der Waals surface area contributed by atoms with Crippen molar-refractivity contribution in [3.05, 3.63) is 136 Å². The van der Waals surface area contributed by atoms with Gasteiger partial charge in [0, 0.05) is 73.9 Å². The Kier molecular flexibility index (Phi) is 13.2. The van der Waals surface area contributed by atoms with Gasteiger partial charge in [0.1, 0.15) is 35.1 Å². The lowest BCUT2D eigenvalue weighted by Crippen LogP contribution is -2.47. The molecule has 1 N–H and O–H groups in total. The molecule has 10 rings (SSSR count). The zero-order chi connectivity index (χ0) is 45.9. The summed E-state index contributed by atoms with van der Waals surface area (Å²) < 4.78 is 32.7. The van der Waals surface area contributed by atoms with Crippen molar-refractivity contribution in [3.63, 3.8) is 0 Å². The van der Waals surface area contributed by atoms with Crippen molar-refractivity contribution in [2.45, 2.75) is 39.0 Å². The molecular formula is C50H47ClFN7O6S. The number of amides is 1. The molecule has 66 heavy (non-hydrogen) atoms. The number of benzene rings is 4. The molecule has 1 atom stereocenters. The molecule has 1 amide bonds. The molecule has 16 heteroatoms. The quantitative estimate of drug-likeness (QED) is 0.141. The summed E-state index contributed by atoms with van der Waals surface area (Å²) in [6.45, 7) is 7.08. The third-order valence-electron chi connectivity index (χ3n) is 12.1. The lowest BCUT2D eigenvalue weighted by molar-refractivity contribution is -0.145. The highest BCUT2D eigenvalue weighted by Gasteiger charge is 2.30. The average molecular weight is 928 g/mol. The van der Waals surface area contributed by atoms with E-state index in [0.717, 1.165) is 58.9 Å². The Morgan fingerprint density at radius 3 is 2.53 bits per heavy atom. The Morgan fingerprint density at radius 2 is 1.74 bits per heavy atom. The van der Waals surface area contributed by atoms with E-state index in [1.165, 1.54) is 29.8 Å². The number of ether oxygens (including phenoxy) is 3. The van der Waals surface area contributed by atoms with Crippen molar-refractivity contribution in [3.8, 4) is 50.3 Å². The van der Waals surface area contributed by atoms with Crippen LogP contribution in [0.2, 0.25) is 5.02 Å². The minimum Gasteiger partial charge on any atom is -0.496 e. The van der Waals surface area contributed by atoms with Gasteiger partial charge in [0.2, 0.25) is 17.9 Å². The lowest BCUT2D eigenvalue weighted by atomic mass is 9.94. The molecule has 0 spiro atoms. The topological polar surface area (TPSA) is 143 Å². The van der Waals surface area contributed by atoms with Crippen LogP contribution >= 0.6 is 22.9 Å². The minimum atomic E-state index is -1.46. The predicted molar refractivity (Wildman–Crippen MR) is 252 cm³/mol. The number of rotatable bonds is 10. The van der Waals surface area contributed by atoms with Gasteiger partial charge in [-0.1, -0.05) is 60.1 Å². The molecule has 1 fully saturated rings. The molecule has 338 valence electrons. The molecule has 0 aliphatic carbocycles. The summed E-state index contributed by atoms with van der Waals surface area (Å²) in [6.07, 6.45) is 1.43. The first kappa shape index (κ1) is 44.7. The molecular weight excluding hydrogens is 881 g/mol. The normalized spacial score (nSPS) is 16.0. The molecule has 0 saturated carbocycles. The van der Waals surface area contributed by atoms with E-state index in [-0.39, 0.29) is 43.6 Å². The van der Waals surface area contributed by atoms with Crippen molar-refractivity contribution in [1.82, 2.24) is 34.6 Å². The molecule has 3 aromatic heterocycles. The van der Waals surface area contributed by atoms with Gasteiger partial charge in [0.05, 0.1) is 30.2 Å². The third kappa shape index (κ3) is 9.56. The van der Waals surface area contributed by atoms with Gasteiger partial charge in [-0.2, -0.15) is 0 Å². The summed E-state index contributed by atoms with van der Waals surface area (Å²) in [4.78, 5) is 54.1. The molecule has 6 heterocycles. The first-order chi connectivity index (χ1) is 32.0. The fourth-order valence-electron chi connectivity index (χ4n) is 8.45. The van der Waals surface area contributed by atoms with Gasteiger partial charge in [-0.05, 0) is 83.8 Å². The number of aromatic nitrogens is 4. The number of nitrogens with zero attached hydrogens (tertiary/aromatic N) is 7. The number of carbonyl (C=O) groups excluding carboxylic acids is 1. The molecule has 3 aliphatic heterocycles. The summed E-state index contributed by atoms with van der Waals surface area (Å²) in [5.41, 5.74) is 6.12. The Morgan fingerprint density at radius 1 is 0.939 bits per heavy atom. The number of likely N-dealkylation sites (N-methyl/N-ethyl adjacent to an activating group) is 1. The zero-order valence-corrected chi connectivity index (χ0v) is 38.2. The van der Waals surface area contributed by atoms with E-state index in [0.29, 0.717) is 68.0 Å². The summed E-state index contributed by atoms with van der Waals surface area (Å²) in [7, 11) is 3.70. The van der Waals surface area contributed by atoms with E-state index in [1.54, 1.807) is 37.6 Å². The highest BCUT2D eigenvalue weighted by Crippen LogP contribution is 2.49. The van der Waals surface area contributed by atoms with Crippen LogP contribution in [-0.2, 0) is 35.6 Å². The molecule has 0 radical (unpaired) electrons. The standard InChI is InChI=1S/C50H47ClFN7O6S/c1-30-37-14-11-33(45(30)51)27-59(23-22-58-20-18-57(2)19-21-58)42(60)25-31-8-15-39(64-28-36-16-17-53-47(56-36)38-6-4-5-7-40(38)63-3)34(24-31)26-41(50(61)62)65-48-44-43(37)46(66-49(44)55-29-54-48)32-9-12-35(52)13-10-32/h4-17,24,29,41H,18-23,25-28H2,1-3H3,(H,61,62)/t41-/m1/s1. The second-order valence-electron chi connectivity index (χ2n) is 16.5. The molecule has 13 nitrogen and oxygen atoms in total. The van der Waals surface area contributed by atoms with Gasteiger partial charge in [-0.15, -0.1) is 11.3 Å². The Bertz CT molecular complexity index is 2930. The van der Waals surface area contributed by atoms with Crippen LogP contribution < -0.4 is 14.2 Å². The molecule has 4 bridgehead atoms. The molecule has 4 aromatic carbocycles. The molecule has 3 aliphatic rings. The Labute approximate surface area is 390 Å². The number of aliphatic carboxylic acids is 1. The van der Waals surface area contributed by atoms with Crippen LogP contribution in [0.5, 0.6) is 17.4 Å². The number of carboxylic acids is 1. The van der Waals surface area contributed by atoms with Crippen LogP contribution in [0, 0.1) is 12.7 Å². The van der Waals surface area contributed by atoms with E-state index < -0.39 is 12.1 Å². The number of carboxylic acid groups (broad SMARTS) is 1. The Balaban J connectivity index is 1.14. The maximum atomic E-state index is 14.6. The maximum absolute atomic E-state index is 14.6. The highest BCUT2D eigenvalue weighted by molar-refractivity contribution is 7.22. The summed E-state index contributed by atoms with van der Waals surface area (Å²) in [5, 5.41) is 11.8. The number of carbonyl (C=O) groups is 2. The second-order valence-corrected chi connectivity index (χ2v) is 17.8. The van der Waals surface area contributed by atoms with Gasteiger partial charge in [-0.25, -0.2) is 29.1 Å². The van der Waals surface area contributed by atoms with E-state index >= 15 is 0 Å². The summed E-state index contributed by atoms with van der Waals surface area (Å²) >= 11 is 8.67. The minimum absolute atomic E-state index is 0.0307. The number of para-hydroxylation sites is 1. The lowest BCUT2D eigenvalue weighted by Gasteiger charge is -2.34. The number of hydrogen-bond donors (Lipinski definition) is 1. The number of halogens is 2. The summed E-state index contributed by atoms with van der Waals surface area (Å²) in [5.74, 6) is -0.192. The van der Waals surface area contributed by atoms with Crippen molar-refractivity contribution >= 4 is 45.0 Å². The van der Waals surface area contributed by atoms with Gasteiger partial charge >= 0.3 is 5.97 Å². The average Bonchev–Trinajstić information content (AvgIpc) is 3.72. The van der Waals surface area contributed by atoms with Crippen LogP contribution in [0.3, 0.4) is 0 Å². The van der Waals surface area contributed by atoms with Crippen molar-refractivity contribution in [2.75, 3.05) is 53.4 Å². The number of thiophene rings is 1. The molecule has 7 aromatic rings. The van der Waals surface area contributed by atoms with Gasteiger partial charge in [-0.3, -0.25) is 9.69 Å². The maximum Gasteiger partial charge on any atom is 0.345 e. The second kappa shape index (κ2) is 19.5. The highest BCUT2D eigenvalue weighted by atomic mass is 35.5. The van der Waals surface area contributed by atoms with Crippen molar-refractivity contribution in [1.29, 1.82) is 0 Å². The fraction of sp³-hybridized carbons (Fsp3) is 0.280. The monoisotopic (exact) mass is 927 g/mol. The van der Waals surface area contributed by atoms with Crippen LogP contribution in [-0.4, -0.2) is 111 Å². The number of fused-ring (bicyclic) bond motifs is 7. The molecule has 0 unspecified atom stereocenters. The van der Waals surface area contributed by atoms with E-state index in [9.17, 15) is 19.1 Å². The third-order valence-corrected chi connectivity index (χ3v) is 13.8. The largest absolute Gasteiger partial charge is 0.496 e. The predicted octanol–water partition coefficient (Wildman–Crippen LogP) is 8.38. The smallest absolute Gasteiger partial charge is 0.345 e. The Hall–Kier alpha value is -6.52. The number of methoxy groups -OCH3 is 1. The molecule has 1 saturated heterocycles. The van der Waals surface area contributed by atoms with Gasteiger partial charge < -0.3 is 29.1 Å². The zero-order valence-electron chi connectivity index (χ0n) is 36.7. The van der Waals surface area contributed by atoms with Crippen molar-refractivity contribution < 1.29 is 33.3 Å². The van der Waals surface area contributed by atoms with E-state index in [4.69, 9.17) is 30.8 Å². The first-order valence-electron chi connectivity index (χ1n) is 21.6.